The van der Waals surface area contributed by atoms with Crippen molar-refractivity contribution in [2.45, 2.75) is 23.4 Å². The van der Waals surface area contributed by atoms with Gasteiger partial charge in [0.05, 0.1) is 6.42 Å². The molecule has 0 aliphatic rings. The Hall–Kier alpha value is -2.15. The van der Waals surface area contributed by atoms with Crippen LogP contribution in [0.5, 0.6) is 0 Å². The molecule has 6 nitrogen and oxygen atoms in total. The van der Waals surface area contributed by atoms with Crippen molar-refractivity contribution in [2.75, 3.05) is 5.32 Å². The molecule has 0 saturated heterocycles. The van der Waals surface area contributed by atoms with E-state index in [-0.39, 0.29) is 18.1 Å². The molecule has 2 rings (SSSR count). The smallest absolute Gasteiger partial charge is 0.231 e. The van der Waals surface area contributed by atoms with E-state index < -0.39 is 0 Å². The molecule has 1 amide bonds. The van der Waals surface area contributed by atoms with Gasteiger partial charge in [-0.05, 0) is 31.2 Å². The summed E-state index contributed by atoms with van der Waals surface area (Å²) >= 11 is 1.44. The fourth-order valence-corrected chi connectivity index (χ4v) is 2.09. The third-order valence-corrected chi connectivity index (χ3v) is 3.05. The Morgan fingerprint density at radius 2 is 2.05 bits per heavy atom. The van der Waals surface area contributed by atoms with Crippen LogP contribution in [0.4, 0.5) is 5.69 Å². The van der Waals surface area contributed by atoms with E-state index in [0.29, 0.717) is 10.8 Å². The van der Waals surface area contributed by atoms with Gasteiger partial charge in [-0.15, -0.1) is 0 Å². The van der Waals surface area contributed by atoms with Crippen LogP contribution in [0.2, 0.25) is 0 Å². The Labute approximate surface area is 114 Å². The van der Waals surface area contributed by atoms with Crippen LogP contribution in [0, 0.1) is 0 Å². The van der Waals surface area contributed by atoms with E-state index in [1.54, 1.807) is 12.1 Å². The maximum atomic E-state index is 11.4. The molecule has 1 aromatic carbocycles. The average molecular weight is 276 g/mol. The fourth-order valence-electron chi connectivity index (χ4n) is 1.39. The van der Waals surface area contributed by atoms with Gasteiger partial charge in [-0.25, -0.2) is 4.98 Å². The van der Waals surface area contributed by atoms with E-state index in [0.717, 1.165) is 4.90 Å². The molecule has 0 bridgehead atoms. The Morgan fingerprint density at radius 3 is 2.63 bits per heavy atom. The van der Waals surface area contributed by atoms with Crippen molar-refractivity contribution in [1.29, 1.82) is 0 Å². The molecule has 2 aromatic rings. The second-order valence-electron chi connectivity index (χ2n) is 3.84. The van der Waals surface area contributed by atoms with Crippen molar-refractivity contribution < 1.29 is 9.59 Å². The summed E-state index contributed by atoms with van der Waals surface area (Å²) in [5.74, 6) is -0.460. The Kier molecular flexibility index (Phi) is 4.30. The summed E-state index contributed by atoms with van der Waals surface area (Å²) in [6.07, 6.45) is 1.34. The minimum Gasteiger partial charge on any atom is -0.326 e. The van der Waals surface area contributed by atoms with Crippen molar-refractivity contribution in [3.8, 4) is 0 Å². The van der Waals surface area contributed by atoms with Gasteiger partial charge in [0.2, 0.25) is 5.91 Å². The first kappa shape index (κ1) is 13.3. The Morgan fingerprint density at radius 1 is 1.32 bits per heavy atom. The van der Waals surface area contributed by atoms with Gasteiger partial charge in [0, 0.05) is 10.6 Å². The third-order valence-electron chi connectivity index (χ3n) is 2.16. The molecular weight excluding hydrogens is 264 g/mol. The van der Waals surface area contributed by atoms with Gasteiger partial charge in [0.1, 0.15) is 12.1 Å². The lowest BCUT2D eigenvalue weighted by molar-refractivity contribution is -0.124. The van der Waals surface area contributed by atoms with E-state index in [9.17, 15) is 9.59 Å². The summed E-state index contributed by atoms with van der Waals surface area (Å²) < 4.78 is 0. The Bertz CT molecular complexity index is 566. The average Bonchev–Trinajstić information content (AvgIpc) is 2.83. The number of amides is 1. The number of aromatic nitrogens is 3. The molecule has 0 fully saturated rings. The largest absolute Gasteiger partial charge is 0.326 e. The number of benzene rings is 1. The summed E-state index contributed by atoms with van der Waals surface area (Å²) in [5.41, 5.74) is 0.660. The molecule has 98 valence electrons. The maximum Gasteiger partial charge on any atom is 0.231 e. The predicted molar refractivity (Wildman–Crippen MR) is 70.9 cm³/mol. The van der Waals surface area contributed by atoms with Gasteiger partial charge < -0.3 is 5.32 Å². The first-order valence-electron chi connectivity index (χ1n) is 5.56. The second-order valence-corrected chi connectivity index (χ2v) is 4.91. The zero-order valence-electron chi connectivity index (χ0n) is 10.2. The molecule has 0 aliphatic heterocycles. The maximum absolute atomic E-state index is 11.4. The first-order chi connectivity index (χ1) is 9.13. The SMILES string of the molecule is CC(=O)CC(=O)Nc1ccc(Sc2ncn[nH]2)cc1. The highest BCUT2D eigenvalue weighted by Gasteiger charge is 2.06. The molecule has 1 heterocycles. The molecule has 7 heteroatoms. The van der Waals surface area contributed by atoms with Crippen LogP contribution in [-0.2, 0) is 9.59 Å². The number of anilines is 1. The lowest BCUT2D eigenvalue weighted by atomic mass is 10.2. The van der Waals surface area contributed by atoms with Crippen LogP contribution in [0.15, 0.2) is 40.6 Å². The summed E-state index contributed by atoms with van der Waals surface area (Å²) in [6.45, 7) is 1.39. The van der Waals surface area contributed by atoms with Crippen LogP contribution in [0.1, 0.15) is 13.3 Å². The number of H-pyrrole nitrogens is 1. The van der Waals surface area contributed by atoms with Crippen molar-refractivity contribution >= 4 is 29.1 Å². The molecule has 0 radical (unpaired) electrons. The number of nitrogens with zero attached hydrogens (tertiary/aromatic N) is 2. The number of carbonyl (C=O) groups is 2. The Balaban J connectivity index is 1.94. The number of aromatic amines is 1. The number of Topliss-reactive ketones (excluding diaryl/α,β-unsaturated/α-hetero) is 1. The fraction of sp³-hybridized carbons (Fsp3) is 0.167. The van der Waals surface area contributed by atoms with E-state index in [1.165, 1.54) is 25.0 Å². The first-order valence-corrected chi connectivity index (χ1v) is 6.38. The highest BCUT2D eigenvalue weighted by Crippen LogP contribution is 2.25. The number of rotatable bonds is 5. The minimum atomic E-state index is -0.303. The molecule has 0 aliphatic carbocycles. The highest BCUT2D eigenvalue weighted by molar-refractivity contribution is 7.99. The normalized spacial score (nSPS) is 10.2. The highest BCUT2D eigenvalue weighted by atomic mass is 32.2. The molecule has 0 unspecified atom stereocenters. The molecule has 19 heavy (non-hydrogen) atoms. The zero-order valence-corrected chi connectivity index (χ0v) is 11.0. The van der Waals surface area contributed by atoms with Crippen LogP contribution in [0.3, 0.4) is 0 Å². The standard InChI is InChI=1S/C12H12N4O2S/c1-8(17)6-11(18)15-9-2-4-10(5-3-9)19-12-13-7-14-16-12/h2-5,7H,6H2,1H3,(H,15,18)(H,13,14,16). The topological polar surface area (TPSA) is 87.7 Å². The predicted octanol–water partition coefficient (Wildman–Crippen LogP) is 1.87. The van der Waals surface area contributed by atoms with Gasteiger partial charge in [-0.3, -0.25) is 14.7 Å². The number of nitrogens with one attached hydrogen (secondary N) is 2. The number of carbonyl (C=O) groups excluding carboxylic acids is 2. The van der Waals surface area contributed by atoms with Crippen LogP contribution in [0.25, 0.3) is 0 Å². The molecule has 0 saturated carbocycles. The van der Waals surface area contributed by atoms with E-state index >= 15 is 0 Å². The molecule has 0 atom stereocenters. The molecule has 1 aromatic heterocycles. The van der Waals surface area contributed by atoms with Gasteiger partial charge in [-0.2, -0.15) is 5.10 Å². The second kappa shape index (κ2) is 6.14. The summed E-state index contributed by atoms with van der Waals surface area (Å²) in [7, 11) is 0. The van der Waals surface area contributed by atoms with Crippen molar-refractivity contribution in [2.24, 2.45) is 0 Å². The molecular formula is C12H12N4O2S. The van der Waals surface area contributed by atoms with Crippen LogP contribution >= 0.6 is 11.8 Å². The number of ketones is 1. The molecule has 2 N–H and O–H groups in total. The summed E-state index contributed by atoms with van der Waals surface area (Å²) in [5, 5.41) is 9.86. The van der Waals surface area contributed by atoms with Gasteiger partial charge in [0.15, 0.2) is 5.16 Å². The monoisotopic (exact) mass is 276 g/mol. The zero-order chi connectivity index (χ0) is 13.7. The van der Waals surface area contributed by atoms with Gasteiger partial charge in [0.25, 0.3) is 0 Å². The minimum absolute atomic E-state index is 0.103. The van der Waals surface area contributed by atoms with Gasteiger partial charge in [-0.1, -0.05) is 11.8 Å². The van der Waals surface area contributed by atoms with E-state index in [2.05, 4.69) is 20.5 Å². The summed E-state index contributed by atoms with van der Waals surface area (Å²) in [6, 6.07) is 7.26. The van der Waals surface area contributed by atoms with Crippen molar-refractivity contribution in [3.05, 3.63) is 30.6 Å². The van der Waals surface area contributed by atoms with Gasteiger partial charge >= 0.3 is 0 Å². The summed E-state index contributed by atoms with van der Waals surface area (Å²) in [4.78, 5) is 27.2. The lowest BCUT2D eigenvalue weighted by Crippen LogP contribution is -2.14. The van der Waals surface area contributed by atoms with Crippen molar-refractivity contribution in [3.63, 3.8) is 0 Å². The quantitative estimate of drug-likeness (QED) is 0.814. The molecule has 0 spiro atoms. The number of hydrogen-bond acceptors (Lipinski definition) is 5. The van der Waals surface area contributed by atoms with Crippen molar-refractivity contribution in [1.82, 2.24) is 15.2 Å². The lowest BCUT2D eigenvalue weighted by Gasteiger charge is -2.04. The van der Waals surface area contributed by atoms with Crippen LogP contribution < -0.4 is 5.32 Å². The van der Waals surface area contributed by atoms with Crippen LogP contribution in [-0.4, -0.2) is 26.9 Å². The van der Waals surface area contributed by atoms with E-state index in [1.807, 2.05) is 12.1 Å². The number of hydrogen-bond donors (Lipinski definition) is 2. The third kappa shape index (κ3) is 4.22. The van der Waals surface area contributed by atoms with E-state index in [4.69, 9.17) is 0 Å².